The van der Waals surface area contributed by atoms with Gasteiger partial charge in [-0.05, 0) is 31.9 Å². The largest absolute Gasteiger partial charge is 0.307 e. The molecule has 0 saturated carbocycles. The van der Waals surface area contributed by atoms with Gasteiger partial charge < -0.3 is 5.32 Å². The molecule has 0 amide bonds. The van der Waals surface area contributed by atoms with Crippen LogP contribution in [0.5, 0.6) is 0 Å². The third-order valence-corrected chi connectivity index (χ3v) is 3.05. The van der Waals surface area contributed by atoms with Crippen LogP contribution in [0.3, 0.4) is 0 Å². The van der Waals surface area contributed by atoms with Gasteiger partial charge in [0.15, 0.2) is 0 Å². The summed E-state index contributed by atoms with van der Waals surface area (Å²) in [6, 6.07) is 4.01. The molecule has 1 N–H and O–H groups in total. The second-order valence-corrected chi connectivity index (χ2v) is 4.42. The van der Waals surface area contributed by atoms with Crippen LogP contribution in [0.25, 0.3) is 0 Å². The molecule has 0 aliphatic rings. The smallest absolute Gasteiger partial charge is 0.130 e. The Morgan fingerprint density at radius 2 is 1.76 bits per heavy atom. The van der Waals surface area contributed by atoms with Crippen molar-refractivity contribution in [2.75, 3.05) is 0 Å². The van der Waals surface area contributed by atoms with Crippen molar-refractivity contribution in [3.63, 3.8) is 0 Å². The number of hydrogen-bond donors (Lipinski definition) is 1. The van der Waals surface area contributed by atoms with Gasteiger partial charge in [0.25, 0.3) is 0 Å². The predicted octanol–water partition coefficient (Wildman–Crippen LogP) is 4.19. The quantitative estimate of drug-likeness (QED) is 0.787. The van der Waals surface area contributed by atoms with Crippen molar-refractivity contribution < 1.29 is 8.78 Å². The van der Waals surface area contributed by atoms with Gasteiger partial charge in [-0.3, -0.25) is 0 Å². The highest BCUT2D eigenvalue weighted by Crippen LogP contribution is 2.21. The van der Waals surface area contributed by atoms with Gasteiger partial charge in [0.1, 0.15) is 11.6 Å². The van der Waals surface area contributed by atoms with Gasteiger partial charge in [-0.1, -0.05) is 26.3 Å². The Kier molecular flexibility index (Phi) is 5.56. The number of nitrogens with one attached hydrogen (secondary N) is 1. The van der Waals surface area contributed by atoms with E-state index in [2.05, 4.69) is 19.2 Å². The Balaban J connectivity index is 2.78. The molecule has 17 heavy (non-hydrogen) atoms. The van der Waals surface area contributed by atoms with Gasteiger partial charge in [-0.15, -0.1) is 0 Å². The molecule has 0 fully saturated rings. The number of halogens is 2. The lowest BCUT2D eigenvalue weighted by molar-refractivity contribution is 0.398. The molecule has 96 valence electrons. The van der Waals surface area contributed by atoms with Crippen LogP contribution in [0, 0.1) is 11.6 Å². The number of benzene rings is 1. The summed E-state index contributed by atoms with van der Waals surface area (Å²) in [5.41, 5.74) is 0.141. The number of rotatable bonds is 6. The molecule has 1 aromatic carbocycles. The van der Waals surface area contributed by atoms with E-state index in [1.165, 1.54) is 18.2 Å². The van der Waals surface area contributed by atoms with E-state index in [-0.39, 0.29) is 11.6 Å². The van der Waals surface area contributed by atoms with Crippen molar-refractivity contribution in [1.29, 1.82) is 0 Å². The van der Waals surface area contributed by atoms with E-state index in [0.29, 0.717) is 6.04 Å². The lowest BCUT2D eigenvalue weighted by atomic mass is 10.0. The maximum atomic E-state index is 13.6. The van der Waals surface area contributed by atoms with Crippen LogP contribution in [0.15, 0.2) is 18.2 Å². The Morgan fingerprint density at radius 3 is 2.24 bits per heavy atom. The summed E-state index contributed by atoms with van der Waals surface area (Å²) in [6.45, 7) is 6.00. The maximum Gasteiger partial charge on any atom is 0.130 e. The molecule has 3 heteroatoms. The first-order valence-electron chi connectivity index (χ1n) is 6.30. The molecule has 0 aliphatic carbocycles. The Hall–Kier alpha value is -0.960. The van der Waals surface area contributed by atoms with Crippen LogP contribution in [0.1, 0.15) is 51.6 Å². The van der Waals surface area contributed by atoms with Crippen LogP contribution in [-0.4, -0.2) is 6.04 Å². The molecule has 0 saturated heterocycles. The van der Waals surface area contributed by atoms with E-state index < -0.39 is 11.6 Å². The van der Waals surface area contributed by atoms with Crippen LogP contribution in [0.2, 0.25) is 0 Å². The van der Waals surface area contributed by atoms with Crippen molar-refractivity contribution >= 4 is 0 Å². The molecule has 0 aromatic heterocycles. The first-order chi connectivity index (χ1) is 8.10. The molecule has 2 unspecified atom stereocenters. The van der Waals surface area contributed by atoms with Crippen LogP contribution in [0.4, 0.5) is 8.78 Å². The number of hydrogen-bond acceptors (Lipinski definition) is 1. The van der Waals surface area contributed by atoms with Crippen LogP contribution < -0.4 is 5.32 Å². The van der Waals surface area contributed by atoms with Gasteiger partial charge in [-0.2, -0.15) is 0 Å². The molecule has 0 radical (unpaired) electrons. The van der Waals surface area contributed by atoms with Crippen LogP contribution >= 0.6 is 0 Å². The Morgan fingerprint density at radius 1 is 1.18 bits per heavy atom. The van der Waals surface area contributed by atoms with E-state index in [1.54, 1.807) is 6.92 Å². The van der Waals surface area contributed by atoms with Crippen molar-refractivity contribution in [3.05, 3.63) is 35.4 Å². The standard InChI is InChI=1S/C14H21F2N/c1-4-7-11(5-2)17-10(3)14-12(15)8-6-9-13(14)16/h6,8-11,17H,4-5,7H2,1-3H3. The molecule has 0 spiro atoms. The summed E-state index contributed by atoms with van der Waals surface area (Å²) < 4.78 is 27.1. The third kappa shape index (κ3) is 3.77. The van der Waals surface area contributed by atoms with E-state index in [0.717, 1.165) is 19.3 Å². The fourth-order valence-corrected chi connectivity index (χ4v) is 2.12. The third-order valence-electron chi connectivity index (χ3n) is 3.05. The molecule has 0 bridgehead atoms. The molecule has 0 heterocycles. The fourth-order valence-electron chi connectivity index (χ4n) is 2.12. The van der Waals surface area contributed by atoms with Crippen molar-refractivity contribution in [1.82, 2.24) is 5.32 Å². The Labute approximate surface area is 102 Å². The first-order valence-corrected chi connectivity index (χ1v) is 6.30. The second-order valence-electron chi connectivity index (χ2n) is 4.42. The predicted molar refractivity (Wildman–Crippen MR) is 66.9 cm³/mol. The zero-order valence-electron chi connectivity index (χ0n) is 10.8. The maximum absolute atomic E-state index is 13.6. The first kappa shape index (κ1) is 14.1. The highest BCUT2D eigenvalue weighted by atomic mass is 19.1. The molecule has 2 atom stereocenters. The average Bonchev–Trinajstić information content (AvgIpc) is 2.28. The fraction of sp³-hybridized carbons (Fsp3) is 0.571. The van der Waals surface area contributed by atoms with E-state index in [9.17, 15) is 8.78 Å². The zero-order valence-corrected chi connectivity index (χ0v) is 10.8. The summed E-state index contributed by atoms with van der Waals surface area (Å²) in [4.78, 5) is 0. The minimum atomic E-state index is -0.476. The van der Waals surface area contributed by atoms with Crippen molar-refractivity contribution in [2.24, 2.45) is 0 Å². The van der Waals surface area contributed by atoms with Crippen molar-refractivity contribution in [2.45, 2.75) is 52.1 Å². The van der Waals surface area contributed by atoms with E-state index in [1.807, 2.05) is 0 Å². The topological polar surface area (TPSA) is 12.0 Å². The Bertz CT molecular complexity index is 332. The summed E-state index contributed by atoms with van der Waals surface area (Å²) in [5, 5.41) is 3.29. The van der Waals surface area contributed by atoms with Gasteiger partial charge >= 0.3 is 0 Å². The lowest BCUT2D eigenvalue weighted by Gasteiger charge is -2.22. The summed E-state index contributed by atoms with van der Waals surface area (Å²) in [5.74, 6) is -0.951. The summed E-state index contributed by atoms with van der Waals surface area (Å²) in [6.07, 6.45) is 3.06. The zero-order chi connectivity index (χ0) is 12.8. The average molecular weight is 241 g/mol. The molecular formula is C14H21F2N. The minimum Gasteiger partial charge on any atom is -0.307 e. The summed E-state index contributed by atoms with van der Waals surface area (Å²) in [7, 11) is 0. The highest BCUT2D eigenvalue weighted by molar-refractivity contribution is 5.22. The molecular weight excluding hydrogens is 220 g/mol. The second kappa shape index (κ2) is 6.70. The lowest BCUT2D eigenvalue weighted by Crippen LogP contribution is -2.31. The van der Waals surface area contributed by atoms with Gasteiger partial charge in [0.05, 0.1) is 0 Å². The van der Waals surface area contributed by atoms with E-state index >= 15 is 0 Å². The monoisotopic (exact) mass is 241 g/mol. The molecule has 1 aromatic rings. The van der Waals surface area contributed by atoms with Crippen LogP contribution in [-0.2, 0) is 0 Å². The van der Waals surface area contributed by atoms with E-state index in [4.69, 9.17) is 0 Å². The van der Waals surface area contributed by atoms with Crippen molar-refractivity contribution in [3.8, 4) is 0 Å². The minimum absolute atomic E-state index is 0.141. The summed E-state index contributed by atoms with van der Waals surface area (Å²) >= 11 is 0. The van der Waals surface area contributed by atoms with Gasteiger partial charge in [0, 0.05) is 17.6 Å². The molecule has 0 aliphatic heterocycles. The normalized spacial score (nSPS) is 14.6. The highest BCUT2D eigenvalue weighted by Gasteiger charge is 2.18. The van der Waals surface area contributed by atoms with Gasteiger partial charge in [0.2, 0.25) is 0 Å². The SMILES string of the molecule is CCCC(CC)NC(C)c1c(F)cccc1F. The molecule has 1 nitrogen and oxygen atoms in total. The molecule has 1 rings (SSSR count). The van der Waals surface area contributed by atoms with Gasteiger partial charge in [-0.25, -0.2) is 8.78 Å².